The van der Waals surface area contributed by atoms with Crippen molar-refractivity contribution < 1.29 is 4.79 Å². The SMILES string of the molecule is Cc1cc(C)c(CNC(=O)C2CC2c2ccccc2Cl)c(=O)[nH]1. The number of H-pyrrole nitrogens is 1. The standard InChI is InChI=1S/C18H19ClN2O2/c1-10-7-11(2)21-18(23)15(10)9-20-17(22)14-8-13(14)12-5-3-4-6-16(12)19/h3-7,13-14H,8-9H2,1-2H3,(H,20,22)(H,21,23). The fourth-order valence-corrected chi connectivity index (χ4v) is 3.29. The van der Waals surface area contributed by atoms with Gasteiger partial charge in [0.05, 0.1) is 0 Å². The van der Waals surface area contributed by atoms with Gasteiger partial charge in [-0.05, 0) is 49.4 Å². The number of carbonyl (C=O) groups excluding carboxylic acids is 1. The Morgan fingerprint density at radius 2 is 2.09 bits per heavy atom. The van der Waals surface area contributed by atoms with E-state index in [4.69, 9.17) is 11.6 Å². The molecule has 1 aliphatic carbocycles. The second-order valence-corrected chi connectivity index (χ2v) is 6.54. The van der Waals surface area contributed by atoms with Gasteiger partial charge in [0, 0.05) is 28.7 Å². The fourth-order valence-electron chi connectivity index (χ4n) is 3.01. The lowest BCUT2D eigenvalue weighted by atomic mass is 10.1. The maximum atomic E-state index is 12.3. The van der Waals surface area contributed by atoms with Gasteiger partial charge < -0.3 is 10.3 Å². The van der Waals surface area contributed by atoms with Crippen LogP contribution in [0.3, 0.4) is 0 Å². The molecule has 1 aromatic heterocycles. The number of hydrogen-bond acceptors (Lipinski definition) is 2. The molecule has 4 nitrogen and oxygen atoms in total. The third-order valence-corrected chi connectivity index (χ3v) is 4.71. The van der Waals surface area contributed by atoms with Crippen molar-refractivity contribution in [2.75, 3.05) is 0 Å². The van der Waals surface area contributed by atoms with E-state index in [1.165, 1.54) is 0 Å². The number of halogens is 1. The molecular formula is C18H19ClN2O2. The maximum absolute atomic E-state index is 12.3. The lowest BCUT2D eigenvalue weighted by Gasteiger charge is -2.08. The number of carbonyl (C=O) groups is 1. The molecule has 1 amide bonds. The first-order valence-corrected chi connectivity index (χ1v) is 8.06. The molecule has 0 radical (unpaired) electrons. The van der Waals surface area contributed by atoms with Crippen molar-refractivity contribution in [2.45, 2.75) is 32.7 Å². The Bertz CT molecular complexity index is 813. The van der Waals surface area contributed by atoms with Crippen LogP contribution in [0.15, 0.2) is 35.1 Å². The van der Waals surface area contributed by atoms with Crippen molar-refractivity contribution in [3.05, 3.63) is 68.1 Å². The summed E-state index contributed by atoms with van der Waals surface area (Å²) in [6, 6.07) is 9.54. The molecular weight excluding hydrogens is 312 g/mol. The van der Waals surface area contributed by atoms with Crippen LogP contribution in [0.5, 0.6) is 0 Å². The van der Waals surface area contributed by atoms with Crippen LogP contribution in [0.4, 0.5) is 0 Å². The topological polar surface area (TPSA) is 62.0 Å². The third kappa shape index (κ3) is 3.32. The predicted molar refractivity (Wildman–Crippen MR) is 90.7 cm³/mol. The van der Waals surface area contributed by atoms with Crippen LogP contribution in [-0.4, -0.2) is 10.9 Å². The van der Waals surface area contributed by atoms with E-state index >= 15 is 0 Å². The normalized spacial score (nSPS) is 19.4. The highest BCUT2D eigenvalue weighted by atomic mass is 35.5. The molecule has 5 heteroatoms. The Morgan fingerprint density at radius 1 is 1.35 bits per heavy atom. The molecule has 0 spiro atoms. The van der Waals surface area contributed by atoms with E-state index in [9.17, 15) is 9.59 Å². The number of rotatable bonds is 4. The molecule has 0 bridgehead atoms. The maximum Gasteiger partial charge on any atom is 0.253 e. The molecule has 2 N–H and O–H groups in total. The van der Waals surface area contributed by atoms with E-state index in [0.717, 1.165) is 23.2 Å². The summed E-state index contributed by atoms with van der Waals surface area (Å²) in [7, 11) is 0. The Kier molecular flexibility index (Phi) is 4.26. The Morgan fingerprint density at radius 3 is 2.78 bits per heavy atom. The van der Waals surface area contributed by atoms with Crippen molar-refractivity contribution in [1.82, 2.24) is 10.3 Å². The highest BCUT2D eigenvalue weighted by Crippen LogP contribution is 2.49. The van der Waals surface area contributed by atoms with E-state index in [-0.39, 0.29) is 29.8 Å². The van der Waals surface area contributed by atoms with Crippen molar-refractivity contribution in [2.24, 2.45) is 5.92 Å². The van der Waals surface area contributed by atoms with E-state index in [1.54, 1.807) is 0 Å². The summed E-state index contributed by atoms with van der Waals surface area (Å²) in [5.74, 6) is 0.107. The second-order valence-electron chi connectivity index (χ2n) is 6.13. The molecule has 0 saturated heterocycles. The largest absolute Gasteiger partial charge is 0.352 e. The second kappa shape index (κ2) is 6.20. The predicted octanol–water partition coefficient (Wildman–Crippen LogP) is 3.07. The Labute approximate surface area is 139 Å². The Hall–Kier alpha value is -2.07. The van der Waals surface area contributed by atoms with Gasteiger partial charge in [0.2, 0.25) is 5.91 Å². The highest BCUT2D eigenvalue weighted by molar-refractivity contribution is 6.31. The summed E-state index contributed by atoms with van der Waals surface area (Å²) in [4.78, 5) is 27.0. The van der Waals surface area contributed by atoms with Gasteiger partial charge in [-0.1, -0.05) is 29.8 Å². The van der Waals surface area contributed by atoms with E-state index in [0.29, 0.717) is 10.6 Å². The summed E-state index contributed by atoms with van der Waals surface area (Å²) < 4.78 is 0. The monoisotopic (exact) mass is 330 g/mol. The van der Waals surface area contributed by atoms with Crippen LogP contribution >= 0.6 is 11.6 Å². The molecule has 2 aromatic rings. The molecule has 1 aliphatic rings. The number of aromatic nitrogens is 1. The van der Waals surface area contributed by atoms with Crippen molar-refractivity contribution in [3.63, 3.8) is 0 Å². The average Bonchev–Trinajstić information content (AvgIpc) is 3.26. The van der Waals surface area contributed by atoms with Crippen molar-refractivity contribution >= 4 is 17.5 Å². The van der Waals surface area contributed by atoms with Gasteiger partial charge >= 0.3 is 0 Å². The van der Waals surface area contributed by atoms with E-state index < -0.39 is 0 Å². The molecule has 1 aromatic carbocycles. The lowest BCUT2D eigenvalue weighted by Crippen LogP contribution is -2.29. The minimum Gasteiger partial charge on any atom is -0.352 e. The fraction of sp³-hybridized carbons (Fsp3) is 0.333. The number of amides is 1. The van der Waals surface area contributed by atoms with Gasteiger partial charge in [-0.2, -0.15) is 0 Å². The van der Waals surface area contributed by atoms with E-state index in [2.05, 4.69) is 10.3 Å². The number of pyridine rings is 1. The summed E-state index contributed by atoms with van der Waals surface area (Å²) in [5.41, 5.74) is 3.22. The van der Waals surface area contributed by atoms with Crippen LogP contribution < -0.4 is 10.9 Å². The molecule has 120 valence electrons. The number of nitrogens with one attached hydrogen (secondary N) is 2. The van der Waals surface area contributed by atoms with Crippen LogP contribution in [0.2, 0.25) is 5.02 Å². The number of aryl methyl sites for hydroxylation is 2. The third-order valence-electron chi connectivity index (χ3n) is 4.37. The zero-order valence-electron chi connectivity index (χ0n) is 13.2. The van der Waals surface area contributed by atoms with Gasteiger partial charge in [0.25, 0.3) is 5.56 Å². The zero-order valence-corrected chi connectivity index (χ0v) is 13.9. The molecule has 2 unspecified atom stereocenters. The van der Waals surface area contributed by atoms with Crippen LogP contribution in [-0.2, 0) is 11.3 Å². The van der Waals surface area contributed by atoms with Crippen LogP contribution in [0.25, 0.3) is 0 Å². The first-order valence-electron chi connectivity index (χ1n) is 7.69. The van der Waals surface area contributed by atoms with Crippen LogP contribution in [0, 0.1) is 19.8 Å². The smallest absolute Gasteiger partial charge is 0.253 e. The van der Waals surface area contributed by atoms with E-state index in [1.807, 2.05) is 44.2 Å². The number of hydrogen-bond donors (Lipinski definition) is 2. The summed E-state index contributed by atoms with van der Waals surface area (Å²) in [5, 5.41) is 3.59. The first kappa shape index (κ1) is 15.8. The summed E-state index contributed by atoms with van der Waals surface area (Å²) in [6.45, 7) is 3.98. The first-order chi connectivity index (χ1) is 11.0. The molecule has 23 heavy (non-hydrogen) atoms. The van der Waals surface area contributed by atoms with Gasteiger partial charge in [-0.3, -0.25) is 9.59 Å². The number of aromatic amines is 1. The van der Waals surface area contributed by atoms with Gasteiger partial charge in [-0.25, -0.2) is 0 Å². The lowest BCUT2D eigenvalue weighted by molar-refractivity contribution is -0.122. The van der Waals surface area contributed by atoms with Gasteiger partial charge in [0.1, 0.15) is 0 Å². The quantitative estimate of drug-likeness (QED) is 0.905. The molecule has 0 aliphatic heterocycles. The minimum absolute atomic E-state index is 0.0192. The average molecular weight is 331 g/mol. The molecule has 1 fully saturated rings. The molecule has 2 atom stereocenters. The molecule has 1 saturated carbocycles. The summed E-state index contributed by atoms with van der Waals surface area (Å²) in [6.07, 6.45) is 0.804. The van der Waals surface area contributed by atoms with Crippen LogP contribution in [0.1, 0.15) is 34.7 Å². The molecule has 3 rings (SSSR count). The van der Waals surface area contributed by atoms with Gasteiger partial charge in [0.15, 0.2) is 0 Å². The minimum atomic E-state index is -0.138. The zero-order chi connectivity index (χ0) is 16.6. The van der Waals surface area contributed by atoms with Crippen molar-refractivity contribution in [1.29, 1.82) is 0 Å². The number of benzene rings is 1. The Balaban J connectivity index is 1.64. The van der Waals surface area contributed by atoms with Gasteiger partial charge in [-0.15, -0.1) is 0 Å². The summed E-state index contributed by atoms with van der Waals surface area (Å²) >= 11 is 6.18. The van der Waals surface area contributed by atoms with Crippen molar-refractivity contribution in [3.8, 4) is 0 Å². The highest BCUT2D eigenvalue weighted by Gasteiger charge is 2.44. The molecule has 1 heterocycles.